The Hall–Kier alpha value is -3.18. The fourth-order valence-electron chi connectivity index (χ4n) is 5.84. The molecular formula is C33H57N3O9. The van der Waals surface area contributed by atoms with Crippen LogP contribution in [0.2, 0.25) is 0 Å². The topological polar surface area (TPSA) is 140 Å². The molecule has 45 heavy (non-hydrogen) atoms. The largest absolute Gasteiger partial charge is 0.451 e. The molecule has 0 aromatic rings. The zero-order valence-corrected chi connectivity index (χ0v) is 29.5. The van der Waals surface area contributed by atoms with Gasteiger partial charge in [0, 0.05) is 21.1 Å². The van der Waals surface area contributed by atoms with Gasteiger partial charge in [0.15, 0.2) is 18.3 Å². The predicted octanol–water partition coefficient (Wildman–Crippen LogP) is 3.58. The maximum absolute atomic E-state index is 13.8. The van der Waals surface area contributed by atoms with E-state index >= 15 is 0 Å². The smallest absolute Gasteiger partial charge is 0.329 e. The first-order valence-electron chi connectivity index (χ1n) is 16.4. The first kappa shape index (κ1) is 39.8. The molecule has 3 amide bonds. The van der Waals surface area contributed by atoms with Crippen LogP contribution in [0.1, 0.15) is 101 Å². The van der Waals surface area contributed by atoms with Gasteiger partial charge >= 0.3 is 17.9 Å². The lowest BCUT2D eigenvalue weighted by Gasteiger charge is -2.37. The summed E-state index contributed by atoms with van der Waals surface area (Å²) in [5.74, 6) is -5.34. The molecule has 0 N–H and O–H groups in total. The number of ether oxygens (including phenoxy) is 3. The number of hydrogen-bond acceptors (Lipinski definition) is 9. The molecule has 0 radical (unpaired) electrons. The van der Waals surface area contributed by atoms with Crippen LogP contribution < -0.4 is 0 Å². The number of rotatable bonds is 9. The molecule has 0 aromatic heterocycles. The maximum atomic E-state index is 13.8. The molecule has 12 heteroatoms. The molecule has 1 heterocycles. The number of cyclic esters (lactones) is 3. The standard InChI is InChI=1S/C33H57N3O9/c1-13-16-22-28(37)34(10)26(20(6)7)32(41)44-24(18-15-3)30(39)36(12)27(21(8)9)33(42)45-23(17-14-2)29(38)35(11)25(19(4)5)31(40)43-22/h19-27H,13-18H2,1-12H3/t22-,23-,24-,25+,26+,27+/m1/s1/i10+2,11+2,12+2. The number of carbonyl (C=O) groups is 6. The van der Waals surface area contributed by atoms with Crippen molar-refractivity contribution in [2.24, 2.45) is 17.8 Å². The summed E-state index contributed by atoms with van der Waals surface area (Å²) >= 11 is 0. The van der Waals surface area contributed by atoms with Crippen molar-refractivity contribution < 1.29 is 43.0 Å². The Morgan fingerprint density at radius 1 is 0.489 bits per heavy atom. The highest BCUT2D eigenvalue weighted by atomic mass is 16.6. The molecule has 0 saturated carbocycles. The van der Waals surface area contributed by atoms with Gasteiger partial charge in [-0.05, 0) is 37.0 Å². The molecule has 1 fully saturated rings. The fraction of sp³-hybridized carbons (Fsp3) is 0.818. The second kappa shape index (κ2) is 18.1. The second-order valence-corrected chi connectivity index (χ2v) is 13.1. The van der Waals surface area contributed by atoms with Crippen LogP contribution in [0, 0.1) is 17.8 Å². The third-order valence-electron chi connectivity index (χ3n) is 8.17. The first-order chi connectivity index (χ1) is 21.0. The summed E-state index contributed by atoms with van der Waals surface area (Å²) in [5.41, 5.74) is 0. The van der Waals surface area contributed by atoms with Crippen LogP contribution in [-0.4, -0.2) is 108 Å². The number of hydrogen-bond donors (Lipinski definition) is 0. The molecule has 258 valence electrons. The zero-order chi connectivity index (χ0) is 34.8. The molecule has 0 bridgehead atoms. The lowest BCUT2D eigenvalue weighted by Crippen LogP contribution is -2.56. The summed E-state index contributed by atoms with van der Waals surface area (Å²) in [7, 11) is 4.34. The highest BCUT2D eigenvalue weighted by Gasteiger charge is 2.43. The highest BCUT2D eigenvalue weighted by molar-refractivity contribution is 5.93. The quantitative estimate of drug-likeness (QED) is 0.272. The average Bonchev–Trinajstić information content (AvgIpc) is 2.94. The van der Waals surface area contributed by atoms with E-state index < -0.39 is 89.8 Å². The van der Waals surface area contributed by atoms with Gasteiger partial charge < -0.3 is 28.9 Å². The number of nitrogens with zero attached hydrogens (tertiary/aromatic N) is 3. The van der Waals surface area contributed by atoms with E-state index in [2.05, 4.69) is 0 Å². The number of likely N-dealkylation sites (N-methyl/N-ethyl adjacent to an activating group) is 3. The van der Waals surface area contributed by atoms with Crippen molar-refractivity contribution in [1.82, 2.24) is 14.7 Å². The molecule has 0 spiro atoms. The van der Waals surface area contributed by atoms with Crippen LogP contribution >= 0.6 is 0 Å². The second-order valence-electron chi connectivity index (χ2n) is 13.1. The fourth-order valence-corrected chi connectivity index (χ4v) is 5.84. The molecule has 0 unspecified atom stereocenters. The minimum Gasteiger partial charge on any atom is -0.451 e. The Morgan fingerprint density at radius 3 is 0.844 bits per heavy atom. The van der Waals surface area contributed by atoms with Gasteiger partial charge in [-0.25, -0.2) is 14.4 Å². The Balaban J connectivity index is 3.86. The first-order valence-corrected chi connectivity index (χ1v) is 16.4. The Bertz CT molecular complexity index is 916. The van der Waals surface area contributed by atoms with Crippen LogP contribution in [0.3, 0.4) is 0 Å². The van der Waals surface area contributed by atoms with Crippen LogP contribution in [0.5, 0.6) is 0 Å². The Labute approximate surface area is 269 Å². The number of amides is 3. The summed E-state index contributed by atoms with van der Waals surface area (Å²) in [6.45, 7) is 16.0. The van der Waals surface area contributed by atoms with Gasteiger partial charge in [0.1, 0.15) is 18.1 Å². The van der Waals surface area contributed by atoms with Crippen molar-refractivity contribution >= 4 is 35.6 Å². The van der Waals surface area contributed by atoms with Crippen molar-refractivity contribution in [3.8, 4) is 0 Å². The van der Waals surface area contributed by atoms with E-state index in [4.69, 9.17) is 14.2 Å². The van der Waals surface area contributed by atoms with Gasteiger partial charge in [0.25, 0.3) is 17.7 Å². The van der Waals surface area contributed by atoms with E-state index in [1.807, 2.05) is 20.8 Å². The van der Waals surface area contributed by atoms with Crippen LogP contribution in [0.15, 0.2) is 0 Å². The van der Waals surface area contributed by atoms with E-state index in [-0.39, 0.29) is 19.3 Å². The highest BCUT2D eigenvalue weighted by Crippen LogP contribution is 2.23. The zero-order valence-electron chi connectivity index (χ0n) is 29.5. The molecule has 0 aromatic carbocycles. The number of carbonyl (C=O) groups excluding carboxylic acids is 6. The van der Waals surface area contributed by atoms with Crippen molar-refractivity contribution in [3.05, 3.63) is 0 Å². The monoisotopic (exact) mass is 645 g/mol. The molecule has 1 aliphatic heterocycles. The van der Waals surface area contributed by atoms with Crippen molar-refractivity contribution in [2.45, 2.75) is 137 Å². The Kier molecular flexibility index (Phi) is 16.0. The lowest BCUT2D eigenvalue weighted by atomic mass is 10.0. The molecule has 1 saturated heterocycles. The summed E-state index contributed by atoms with van der Waals surface area (Å²) in [4.78, 5) is 86.0. The molecule has 1 rings (SSSR count). The van der Waals surface area contributed by atoms with Crippen LogP contribution in [-0.2, 0) is 43.0 Å². The van der Waals surface area contributed by atoms with Gasteiger partial charge in [-0.1, -0.05) is 81.6 Å². The van der Waals surface area contributed by atoms with Crippen LogP contribution in [0.4, 0.5) is 0 Å². The summed E-state index contributed by atoms with van der Waals surface area (Å²) in [6.07, 6.45) is -1.61. The summed E-state index contributed by atoms with van der Waals surface area (Å²) < 4.78 is 17.4. The van der Waals surface area contributed by atoms with Gasteiger partial charge in [-0.3, -0.25) is 14.4 Å². The van der Waals surface area contributed by atoms with E-state index in [1.165, 1.54) is 35.8 Å². The molecular weight excluding hydrogens is 588 g/mol. The van der Waals surface area contributed by atoms with Gasteiger partial charge in [0.05, 0.1) is 0 Å². The number of esters is 3. The van der Waals surface area contributed by atoms with Gasteiger partial charge in [-0.2, -0.15) is 0 Å². The summed E-state index contributed by atoms with van der Waals surface area (Å²) in [5, 5.41) is 0. The minimum atomic E-state index is -1.22. The normalized spacial score (nSPS) is 27.1. The third-order valence-corrected chi connectivity index (χ3v) is 8.17. The lowest BCUT2D eigenvalue weighted by molar-refractivity contribution is -0.179. The Morgan fingerprint density at radius 2 is 0.689 bits per heavy atom. The SMILES string of the molecule is CCC[C@H]1OC(=O)[C@H](C(C)C)N([14CH3])C(=O)[C@@H](CCC)OC(=O)[C@H](C(C)C)N([14CH3])C(=O)[C@@H](CCC)OC(=O)[C@H](C(C)C)N([14CH3])C1=O. The molecule has 12 nitrogen and oxygen atoms in total. The average molecular weight is 646 g/mol. The van der Waals surface area contributed by atoms with E-state index in [0.29, 0.717) is 19.3 Å². The van der Waals surface area contributed by atoms with Crippen LogP contribution in [0.25, 0.3) is 0 Å². The molecule has 6 atom stereocenters. The van der Waals surface area contributed by atoms with E-state index in [1.54, 1.807) is 41.5 Å². The predicted molar refractivity (Wildman–Crippen MR) is 169 cm³/mol. The molecule has 0 aliphatic carbocycles. The van der Waals surface area contributed by atoms with E-state index in [0.717, 1.165) is 0 Å². The van der Waals surface area contributed by atoms with Crippen molar-refractivity contribution in [2.75, 3.05) is 21.1 Å². The van der Waals surface area contributed by atoms with Gasteiger partial charge in [-0.15, -0.1) is 0 Å². The molecule has 1 aliphatic rings. The summed E-state index contributed by atoms with van der Waals surface area (Å²) in [6, 6.07) is -3.26. The maximum Gasteiger partial charge on any atom is 0.329 e. The third kappa shape index (κ3) is 10.2. The van der Waals surface area contributed by atoms with E-state index in [9.17, 15) is 28.8 Å². The van der Waals surface area contributed by atoms with Crippen molar-refractivity contribution in [1.29, 1.82) is 0 Å². The van der Waals surface area contributed by atoms with Gasteiger partial charge in [0.2, 0.25) is 0 Å². The van der Waals surface area contributed by atoms with Crippen molar-refractivity contribution in [3.63, 3.8) is 0 Å². The minimum absolute atomic E-state index is 0.186.